The Kier molecular flexibility index (Phi) is 2.58. The molecule has 0 saturated heterocycles. The van der Waals surface area contributed by atoms with E-state index in [1.165, 1.54) is 24.0 Å². The van der Waals surface area contributed by atoms with Crippen molar-refractivity contribution >= 4 is 15.9 Å². The fraction of sp³-hybridized carbons (Fsp3) is 0.455. The standard InChI is InChI=1S/C11H13BrO/c1-13-10-5-4-8-2-3-9(7-12)11(8)6-10/h4-6,9H,2-3,7H2,1H3. The van der Waals surface area contributed by atoms with E-state index in [0.29, 0.717) is 5.92 Å². The summed E-state index contributed by atoms with van der Waals surface area (Å²) in [5, 5.41) is 1.06. The molecule has 1 unspecified atom stereocenters. The summed E-state index contributed by atoms with van der Waals surface area (Å²) in [4.78, 5) is 0. The van der Waals surface area contributed by atoms with Gasteiger partial charge >= 0.3 is 0 Å². The van der Waals surface area contributed by atoms with Crippen LogP contribution in [0.15, 0.2) is 18.2 Å². The third-order valence-electron chi connectivity index (χ3n) is 2.74. The molecule has 13 heavy (non-hydrogen) atoms. The van der Waals surface area contributed by atoms with Crippen molar-refractivity contribution in [2.24, 2.45) is 0 Å². The van der Waals surface area contributed by atoms with E-state index in [9.17, 15) is 0 Å². The zero-order valence-corrected chi connectivity index (χ0v) is 9.30. The lowest BCUT2D eigenvalue weighted by Crippen LogP contribution is -1.94. The van der Waals surface area contributed by atoms with E-state index in [2.05, 4.69) is 34.1 Å². The number of benzene rings is 1. The van der Waals surface area contributed by atoms with Crippen molar-refractivity contribution in [2.75, 3.05) is 12.4 Å². The maximum Gasteiger partial charge on any atom is 0.119 e. The fourth-order valence-corrected chi connectivity index (χ4v) is 2.63. The zero-order chi connectivity index (χ0) is 9.26. The second kappa shape index (κ2) is 3.70. The Morgan fingerprint density at radius 3 is 3.08 bits per heavy atom. The second-order valence-electron chi connectivity index (χ2n) is 3.45. The van der Waals surface area contributed by atoms with E-state index >= 15 is 0 Å². The van der Waals surface area contributed by atoms with Crippen LogP contribution in [-0.2, 0) is 6.42 Å². The predicted molar refractivity (Wildman–Crippen MR) is 57.9 cm³/mol. The monoisotopic (exact) mass is 240 g/mol. The summed E-state index contributed by atoms with van der Waals surface area (Å²) in [5.41, 5.74) is 2.96. The Labute approximate surface area is 87.2 Å². The van der Waals surface area contributed by atoms with Gasteiger partial charge in [-0.3, -0.25) is 0 Å². The molecule has 0 heterocycles. The lowest BCUT2D eigenvalue weighted by Gasteiger charge is -2.08. The number of methoxy groups -OCH3 is 1. The molecule has 0 N–H and O–H groups in total. The first-order chi connectivity index (χ1) is 6.35. The predicted octanol–water partition coefficient (Wildman–Crippen LogP) is 3.12. The Balaban J connectivity index is 2.37. The van der Waals surface area contributed by atoms with Crippen LogP contribution in [0.5, 0.6) is 5.75 Å². The third kappa shape index (κ3) is 1.60. The minimum atomic E-state index is 0.685. The summed E-state index contributed by atoms with van der Waals surface area (Å²) in [6.45, 7) is 0. The SMILES string of the molecule is COc1ccc2c(c1)C(CBr)CC2. The molecule has 1 aliphatic rings. The highest BCUT2D eigenvalue weighted by Crippen LogP contribution is 2.36. The van der Waals surface area contributed by atoms with E-state index in [1.807, 2.05) is 0 Å². The normalized spacial score (nSPS) is 20.0. The molecular formula is C11H13BrO. The molecule has 1 atom stereocenters. The van der Waals surface area contributed by atoms with Gasteiger partial charge in [-0.25, -0.2) is 0 Å². The molecule has 0 bridgehead atoms. The van der Waals surface area contributed by atoms with Crippen LogP contribution >= 0.6 is 15.9 Å². The summed E-state index contributed by atoms with van der Waals surface area (Å²) in [6.07, 6.45) is 2.49. The summed E-state index contributed by atoms with van der Waals surface area (Å²) in [7, 11) is 1.72. The molecule has 1 nitrogen and oxygen atoms in total. The van der Waals surface area contributed by atoms with Gasteiger partial charge in [0.05, 0.1) is 7.11 Å². The van der Waals surface area contributed by atoms with Crippen LogP contribution in [0.25, 0.3) is 0 Å². The number of ether oxygens (including phenoxy) is 1. The number of alkyl halides is 1. The average Bonchev–Trinajstić information content (AvgIpc) is 2.59. The molecule has 2 heteroatoms. The van der Waals surface area contributed by atoms with E-state index < -0.39 is 0 Å². The van der Waals surface area contributed by atoms with Crippen molar-refractivity contribution < 1.29 is 4.74 Å². The number of hydrogen-bond donors (Lipinski definition) is 0. The topological polar surface area (TPSA) is 9.23 Å². The first kappa shape index (κ1) is 9.07. The molecule has 0 aromatic heterocycles. The molecule has 70 valence electrons. The summed E-state index contributed by atoms with van der Waals surface area (Å²) < 4.78 is 5.22. The van der Waals surface area contributed by atoms with Gasteiger partial charge in [-0.05, 0) is 42.0 Å². The first-order valence-corrected chi connectivity index (χ1v) is 5.70. The molecule has 1 aromatic rings. The van der Waals surface area contributed by atoms with Crippen molar-refractivity contribution in [1.82, 2.24) is 0 Å². The fourth-order valence-electron chi connectivity index (χ4n) is 1.95. The Morgan fingerprint density at radius 2 is 2.38 bits per heavy atom. The van der Waals surface area contributed by atoms with Crippen LogP contribution in [-0.4, -0.2) is 12.4 Å². The van der Waals surface area contributed by atoms with Gasteiger partial charge in [-0.2, -0.15) is 0 Å². The highest BCUT2D eigenvalue weighted by molar-refractivity contribution is 9.09. The molecule has 0 saturated carbocycles. The maximum atomic E-state index is 5.22. The maximum absolute atomic E-state index is 5.22. The van der Waals surface area contributed by atoms with Crippen LogP contribution in [0.1, 0.15) is 23.5 Å². The van der Waals surface area contributed by atoms with Crippen LogP contribution in [0, 0.1) is 0 Å². The first-order valence-electron chi connectivity index (χ1n) is 4.58. The minimum absolute atomic E-state index is 0.685. The third-order valence-corrected chi connectivity index (χ3v) is 3.52. The van der Waals surface area contributed by atoms with Crippen molar-refractivity contribution in [3.05, 3.63) is 29.3 Å². The lowest BCUT2D eigenvalue weighted by atomic mass is 10.0. The highest BCUT2D eigenvalue weighted by Gasteiger charge is 2.21. The van der Waals surface area contributed by atoms with E-state index in [-0.39, 0.29) is 0 Å². The molecule has 1 aliphatic carbocycles. The molecule has 0 fully saturated rings. The van der Waals surface area contributed by atoms with E-state index in [4.69, 9.17) is 4.74 Å². The molecule has 2 rings (SSSR count). The van der Waals surface area contributed by atoms with Gasteiger partial charge in [0.1, 0.15) is 5.75 Å². The van der Waals surface area contributed by atoms with Gasteiger partial charge in [0, 0.05) is 5.33 Å². The van der Waals surface area contributed by atoms with Crippen molar-refractivity contribution in [3.63, 3.8) is 0 Å². The summed E-state index contributed by atoms with van der Waals surface area (Å²) >= 11 is 3.55. The minimum Gasteiger partial charge on any atom is -0.497 e. The Bertz CT molecular complexity index is 309. The molecule has 1 aromatic carbocycles. The summed E-state index contributed by atoms with van der Waals surface area (Å²) in [6, 6.07) is 6.42. The lowest BCUT2D eigenvalue weighted by molar-refractivity contribution is 0.414. The number of hydrogen-bond acceptors (Lipinski definition) is 1. The van der Waals surface area contributed by atoms with Crippen LogP contribution in [0.4, 0.5) is 0 Å². The average molecular weight is 241 g/mol. The smallest absolute Gasteiger partial charge is 0.119 e. The Morgan fingerprint density at radius 1 is 1.54 bits per heavy atom. The van der Waals surface area contributed by atoms with Gasteiger partial charge in [0.2, 0.25) is 0 Å². The van der Waals surface area contributed by atoms with Crippen LogP contribution < -0.4 is 4.74 Å². The van der Waals surface area contributed by atoms with Gasteiger partial charge in [0.25, 0.3) is 0 Å². The van der Waals surface area contributed by atoms with Gasteiger partial charge in [-0.1, -0.05) is 22.0 Å². The van der Waals surface area contributed by atoms with Crippen LogP contribution in [0.3, 0.4) is 0 Å². The van der Waals surface area contributed by atoms with Crippen molar-refractivity contribution in [1.29, 1.82) is 0 Å². The summed E-state index contributed by atoms with van der Waals surface area (Å²) in [5.74, 6) is 1.66. The Hall–Kier alpha value is -0.500. The largest absolute Gasteiger partial charge is 0.497 e. The zero-order valence-electron chi connectivity index (χ0n) is 7.72. The molecule has 0 spiro atoms. The van der Waals surface area contributed by atoms with Gasteiger partial charge in [-0.15, -0.1) is 0 Å². The molecule has 0 aliphatic heterocycles. The van der Waals surface area contributed by atoms with Crippen LogP contribution in [0.2, 0.25) is 0 Å². The molecular weight excluding hydrogens is 228 g/mol. The van der Waals surface area contributed by atoms with Crippen molar-refractivity contribution in [3.8, 4) is 5.75 Å². The number of aryl methyl sites for hydroxylation is 1. The number of halogens is 1. The quantitative estimate of drug-likeness (QED) is 0.723. The molecule has 0 amide bonds. The van der Waals surface area contributed by atoms with Gasteiger partial charge < -0.3 is 4.74 Å². The second-order valence-corrected chi connectivity index (χ2v) is 4.10. The number of rotatable bonds is 2. The van der Waals surface area contributed by atoms with E-state index in [1.54, 1.807) is 7.11 Å². The number of fused-ring (bicyclic) bond motifs is 1. The van der Waals surface area contributed by atoms with E-state index in [0.717, 1.165) is 11.1 Å². The molecule has 0 radical (unpaired) electrons. The van der Waals surface area contributed by atoms with Crippen molar-refractivity contribution in [2.45, 2.75) is 18.8 Å². The highest BCUT2D eigenvalue weighted by atomic mass is 79.9. The van der Waals surface area contributed by atoms with Gasteiger partial charge in [0.15, 0.2) is 0 Å².